The second kappa shape index (κ2) is 7.74. The molecule has 1 aliphatic rings. The van der Waals surface area contributed by atoms with Crippen molar-refractivity contribution >= 4 is 5.91 Å². The number of ether oxygens (including phenoxy) is 1. The summed E-state index contributed by atoms with van der Waals surface area (Å²) in [6.07, 6.45) is 2.54. The van der Waals surface area contributed by atoms with Crippen LogP contribution in [0, 0.1) is 11.8 Å². The Kier molecular flexibility index (Phi) is 6.65. The van der Waals surface area contributed by atoms with Gasteiger partial charge < -0.3 is 15.4 Å². The monoisotopic (exact) mass is 256 g/mol. The summed E-state index contributed by atoms with van der Waals surface area (Å²) in [7, 11) is 0. The summed E-state index contributed by atoms with van der Waals surface area (Å²) >= 11 is 0. The molecule has 0 aromatic rings. The summed E-state index contributed by atoms with van der Waals surface area (Å²) in [6.45, 7) is 10.6. The Morgan fingerprint density at radius 1 is 1.39 bits per heavy atom. The molecule has 0 aromatic carbocycles. The lowest BCUT2D eigenvalue weighted by molar-refractivity contribution is -0.121. The zero-order valence-corrected chi connectivity index (χ0v) is 12.2. The second-order valence-electron chi connectivity index (χ2n) is 5.60. The molecule has 1 saturated heterocycles. The van der Waals surface area contributed by atoms with E-state index in [1.807, 2.05) is 6.92 Å². The Labute approximate surface area is 111 Å². The highest BCUT2D eigenvalue weighted by Crippen LogP contribution is 2.22. The van der Waals surface area contributed by atoms with E-state index in [2.05, 4.69) is 31.4 Å². The van der Waals surface area contributed by atoms with E-state index >= 15 is 0 Å². The van der Waals surface area contributed by atoms with Crippen LogP contribution in [0.1, 0.15) is 40.5 Å². The molecule has 1 aliphatic heterocycles. The average molecular weight is 256 g/mol. The molecule has 0 bridgehead atoms. The topological polar surface area (TPSA) is 50.4 Å². The molecule has 1 rings (SSSR count). The SMILES string of the molecule is CCC1OCCC1CNCC(=O)NC(C)C(C)C. The maximum atomic E-state index is 11.7. The van der Waals surface area contributed by atoms with Crippen molar-refractivity contribution in [3.63, 3.8) is 0 Å². The zero-order chi connectivity index (χ0) is 13.5. The highest BCUT2D eigenvalue weighted by atomic mass is 16.5. The van der Waals surface area contributed by atoms with Gasteiger partial charge in [-0.25, -0.2) is 0 Å². The molecule has 3 atom stereocenters. The summed E-state index contributed by atoms with van der Waals surface area (Å²) in [5, 5.41) is 6.24. The van der Waals surface area contributed by atoms with Crippen molar-refractivity contribution < 1.29 is 9.53 Å². The normalized spacial score (nSPS) is 25.4. The van der Waals surface area contributed by atoms with Gasteiger partial charge in [-0.2, -0.15) is 0 Å². The predicted octanol–water partition coefficient (Wildman–Crippen LogP) is 1.55. The fourth-order valence-corrected chi connectivity index (χ4v) is 2.22. The molecule has 3 unspecified atom stereocenters. The van der Waals surface area contributed by atoms with Crippen LogP contribution in [0.3, 0.4) is 0 Å². The Morgan fingerprint density at radius 2 is 2.11 bits per heavy atom. The van der Waals surface area contributed by atoms with Gasteiger partial charge in [-0.1, -0.05) is 20.8 Å². The molecule has 1 amide bonds. The minimum absolute atomic E-state index is 0.0863. The van der Waals surface area contributed by atoms with Crippen LogP contribution in [0.4, 0.5) is 0 Å². The first-order valence-electron chi connectivity index (χ1n) is 7.16. The fraction of sp³-hybridized carbons (Fsp3) is 0.929. The fourth-order valence-electron chi connectivity index (χ4n) is 2.22. The molecule has 1 fully saturated rings. The number of carbonyl (C=O) groups excluding carboxylic acids is 1. The zero-order valence-electron chi connectivity index (χ0n) is 12.2. The third-order valence-corrected chi connectivity index (χ3v) is 3.83. The van der Waals surface area contributed by atoms with Gasteiger partial charge in [-0.3, -0.25) is 4.79 Å². The van der Waals surface area contributed by atoms with Crippen LogP contribution in [0.25, 0.3) is 0 Å². The van der Waals surface area contributed by atoms with Crippen molar-refractivity contribution in [2.24, 2.45) is 11.8 Å². The van der Waals surface area contributed by atoms with Crippen LogP contribution in [0.15, 0.2) is 0 Å². The highest BCUT2D eigenvalue weighted by molar-refractivity contribution is 5.78. The summed E-state index contributed by atoms with van der Waals surface area (Å²) in [5.41, 5.74) is 0. The Hall–Kier alpha value is -0.610. The minimum Gasteiger partial charge on any atom is -0.378 e. The first kappa shape index (κ1) is 15.4. The van der Waals surface area contributed by atoms with Crippen LogP contribution < -0.4 is 10.6 Å². The van der Waals surface area contributed by atoms with Crippen molar-refractivity contribution in [2.75, 3.05) is 19.7 Å². The third-order valence-electron chi connectivity index (χ3n) is 3.83. The number of hydrogen-bond acceptors (Lipinski definition) is 3. The first-order chi connectivity index (χ1) is 8.54. The van der Waals surface area contributed by atoms with Crippen LogP contribution >= 0.6 is 0 Å². The Bertz CT molecular complexity index is 256. The quantitative estimate of drug-likeness (QED) is 0.726. The van der Waals surface area contributed by atoms with E-state index in [4.69, 9.17) is 4.74 Å². The van der Waals surface area contributed by atoms with E-state index in [9.17, 15) is 4.79 Å². The highest BCUT2D eigenvalue weighted by Gasteiger charge is 2.26. The smallest absolute Gasteiger partial charge is 0.234 e. The van der Waals surface area contributed by atoms with E-state index in [0.717, 1.165) is 26.0 Å². The molecular formula is C14H28N2O2. The second-order valence-corrected chi connectivity index (χ2v) is 5.60. The third kappa shape index (κ3) is 4.94. The maximum Gasteiger partial charge on any atom is 0.234 e. The standard InChI is InChI=1S/C14H28N2O2/c1-5-13-12(6-7-18-13)8-15-9-14(17)16-11(4)10(2)3/h10-13,15H,5-9H2,1-4H3,(H,16,17). The first-order valence-corrected chi connectivity index (χ1v) is 7.16. The van der Waals surface area contributed by atoms with E-state index in [-0.39, 0.29) is 11.9 Å². The number of rotatable bonds is 7. The average Bonchev–Trinajstić information content (AvgIpc) is 2.76. The van der Waals surface area contributed by atoms with Crippen LogP contribution in [-0.2, 0) is 9.53 Å². The summed E-state index contributed by atoms with van der Waals surface area (Å²) in [5.74, 6) is 1.12. The lowest BCUT2D eigenvalue weighted by atomic mass is 10.00. The molecule has 4 nitrogen and oxygen atoms in total. The van der Waals surface area contributed by atoms with Gasteiger partial charge in [0, 0.05) is 19.2 Å². The van der Waals surface area contributed by atoms with Gasteiger partial charge in [0.2, 0.25) is 5.91 Å². The van der Waals surface area contributed by atoms with Crippen LogP contribution in [-0.4, -0.2) is 37.7 Å². The largest absolute Gasteiger partial charge is 0.378 e. The number of amides is 1. The maximum absolute atomic E-state index is 11.7. The van der Waals surface area contributed by atoms with E-state index in [1.54, 1.807) is 0 Å². The lowest BCUT2D eigenvalue weighted by Gasteiger charge is -2.19. The van der Waals surface area contributed by atoms with Crippen molar-refractivity contribution in [2.45, 2.75) is 52.7 Å². The van der Waals surface area contributed by atoms with Crippen molar-refractivity contribution in [1.82, 2.24) is 10.6 Å². The van der Waals surface area contributed by atoms with Gasteiger partial charge in [-0.05, 0) is 31.6 Å². The summed E-state index contributed by atoms with van der Waals surface area (Å²) in [4.78, 5) is 11.7. The summed E-state index contributed by atoms with van der Waals surface area (Å²) in [6, 6.07) is 0.234. The van der Waals surface area contributed by atoms with Gasteiger partial charge >= 0.3 is 0 Å². The molecular weight excluding hydrogens is 228 g/mol. The van der Waals surface area contributed by atoms with Gasteiger partial charge in [-0.15, -0.1) is 0 Å². The van der Waals surface area contributed by atoms with Gasteiger partial charge in [0.25, 0.3) is 0 Å². The predicted molar refractivity (Wildman–Crippen MR) is 73.5 cm³/mol. The number of carbonyl (C=O) groups is 1. The molecule has 0 saturated carbocycles. The lowest BCUT2D eigenvalue weighted by Crippen LogP contribution is -2.42. The van der Waals surface area contributed by atoms with Gasteiger partial charge in [0.15, 0.2) is 0 Å². The molecule has 0 spiro atoms. The Balaban J connectivity index is 2.15. The van der Waals surface area contributed by atoms with E-state index in [1.165, 1.54) is 0 Å². The van der Waals surface area contributed by atoms with E-state index in [0.29, 0.717) is 24.5 Å². The summed E-state index contributed by atoms with van der Waals surface area (Å²) < 4.78 is 5.63. The number of hydrogen-bond donors (Lipinski definition) is 2. The van der Waals surface area contributed by atoms with Gasteiger partial charge in [0.1, 0.15) is 0 Å². The molecule has 0 aromatic heterocycles. The molecule has 2 N–H and O–H groups in total. The Morgan fingerprint density at radius 3 is 2.72 bits per heavy atom. The molecule has 4 heteroatoms. The minimum atomic E-state index is 0.0863. The molecule has 18 heavy (non-hydrogen) atoms. The molecule has 0 radical (unpaired) electrons. The number of nitrogens with one attached hydrogen (secondary N) is 2. The molecule has 106 valence electrons. The van der Waals surface area contributed by atoms with Crippen molar-refractivity contribution in [1.29, 1.82) is 0 Å². The van der Waals surface area contributed by atoms with E-state index < -0.39 is 0 Å². The van der Waals surface area contributed by atoms with Gasteiger partial charge in [0.05, 0.1) is 12.6 Å². The molecule has 0 aliphatic carbocycles. The van der Waals surface area contributed by atoms with Crippen molar-refractivity contribution in [3.8, 4) is 0 Å². The van der Waals surface area contributed by atoms with Crippen LogP contribution in [0.5, 0.6) is 0 Å². The van der Waals surface area contributed by atoms with Crippen LogP contribution in [0.2, 0.25) is 0 Å². The molecule has 1 heterocycles. The van der Waals surface area contributed by atoms with Crippen molar-refractivity contribution in [3.05, 3.63) is 0 Å².